The maximum atomic E-state index is 13.6. The smallest absolute Gasteiger partial charge is 0.126 e. The van der Waals surface area contributed by atoms with Gasteiger partial charge in [-0.15, -0.1) is 0 Å². The molecule has 98 valence electrons. The lowest BCUT2D eigenvalue weighted by molar-refractivity contribution is 0.588. The summed E-state index contributed by atoms with van der Waals surface area (Å²) >= 11 is 0. The topological polar surface area (TPSA) is 12.0 Å². The number of benzene rings is 2. The summed E-state index contributed by atoms with van der Waals surface area (Å²) in [7, 11) is 0. The lowest BCUT2D eigenvalue weighted by atomic mass is 9.97. The van der Waals surface area contributed by atoms with E-state index in [0.717, 1.165) is 36.7 Å². The summed E-state index contributed by atoms with van der Waals surface area (Å²) in [5.41, 5.74) is 3.85. The third kappa shape index (κ3) is 2.60. The lowest BCUT2D eigenvalue weighted by Crippen LogP contribution is -2.11. The van der Waals surface area contributed by atoms with Gasteiger partial charge in [0.25, 0.3) is 0 Å². The fraction of sp³-hybridized carbons (Fsp3) is 0.250. The van der Waals surface area contributed by atoms with Crippen molar-refractivity contribution in [3.63, 3.8) is 0 Å². The third-order valence-corrected chi connectivity index (χ3v) is 3.51. The molecule has 1 aliphatic rings. The zero-order valence-electron chi connectivity index (χ0n) is 10.5. The minimum atomic E-state index is -0.393. The van der Waals surface area contributed by atoms with Gasteiger partial charge in [0.05, 0.1) is 0 Å². The highest BCUT2D eigenvalue weighted by Gasteiger charge is 2.10. The predicted molar refractivity (Wildman–Crippen MR) is 72.4 cm³/mol. The van der Waals surface area contributed by atoms with Gasteiger partial charge in [0.15, 0.2) is 0 Å². The highest BCUT2D eigenvalue weighted by Crippen LogP contribution is 2.24. The third-order valence-electron chi connectivity index (χ3n) is 3.51. The molecule has 0 atom stereocenters. The molecule has 0 fully saturated rings. The molecular weight excluding hydrogens is 244 g/mol. The first kappa shape index (κ1) is 12.2. The van der Waals surface area contributed by atoms with Crippen molar-refractivity contribution in [1.82, 2.24) is 0 Å². The number of nitrogens with one attached hydrogen (secondary N) is 1. The van der Waals surface area contributed by atoms with Crippen LogP contribution in [0.15, 0.2) is 36.4 Å². The zero-order chi connectivity index (χ0) is 13.2. The van der Waals surface area contributed by atoms with Crippen molar-refractivity contribution in [2.45, 2.75) is 19.3 Å². The van der Waals surface area contributed by atoms with Crippen LogP contribution in [0, 0.1) is 11.6 Å². The molecule has 1 aliphatic heterocycles. The van der Waals surface area contributed by atoms with E-state index in [1.54, 1.807) is 0 Å². The summed E-state index contributed by atoms with van der Waals surface area (Å²) in [5, 5.41) is 3.34. The maximum absolute atomic E-state index is 13.6. The van der Waals surface area contributed by atoms with Crippen LogP contribution in [-0.4, -0.2) is 6.54 Å². The van der Waals surface area contributed by atoms with E-state index in [1.807, 2.05) is 12.1 Å². The van der Waals surface area contributed by atoms with E-state index in [-0.39, 0.29) is 5.82 Å². The molecule has 3 heteroatoms. The highest BCUT2D eigenvalue weighted by atomic mass is 19.1. The molecule has 0 aromatic heterocycles. The zero-order valence-corrected chi connectivity index (χ0v) is 10.5. The fourth-order valence-corrected chi connectivity index (χ4v) is 2.54. The van der Waals surface area contributed by atoms with Crippen LogP contribution in [0.2, 0.25) is 0 Å². The molecule has 0 amide bonds. The van der Waals surface area contributed by atoms with Gasteiger partial charge in [-0.25, -0.2) is 8.78 Å². The molecule has 0 spiro atoms. The average molecular weight is 259 g/mol. The van der Waals surface area contributed by atoms with E-state index >= 15 is 0 Å². The van der Waals surface area contributed by atoms with Crippen LogP contribution in [0.5, 0.6) is 0 Å². The predicted octanol–water partition coefficient (Wildman–Crippen LogP) is 3.91. The Kier molecular flexibility index (Phi) is 3.20. The van der Waals surface area contributed by atoms with Crippen molar-refractivity contribution in [3.05, 3.63) is 64.7 Å². The second kappa shape index (κ2) is 5.00. The molecule has 0 saturated heterocycles. The normalized spacial score (nSPS) is 13.8. The summed E-state index contributed by atoms with van der Waals surface area (Å²) in [6, 6.07) is 9.70. The second-order valence-electron chi connectivity index (χ2n) is 4.93. The first-order valence-corrected chi connectivity index (χ1v) is 6.52. The molecule has 0 unspecified atom stereocenters. The van der Waals surface area contributed by atoms with Gasteiger partial charge in [0.1, 0.15) is 11.6 Å². The number of halogens is 2. The summed E-state index contributed by atoms with van der Waals surface area (Å²) in [6.07, 6.45) is 2.59. The molecule has 3 rings (SSSR count). The number of rotatable bonds is 2. The Balaban J connectivity index is 1.89. The van der Waals surface area contributed by atoms with Gasteiger partial charge in [0.2, 0.25) is 0 Å². The van der Waals surface area contributed by atoms with E-state index in [1.165, 1.54) is 17.7 Å². The van der Waals surface area contributed by atoms with Crippen LogP contribution in [0.3, 0.4) is 0 Å². The average Bonchev–Trinajstić information content (AvgIpc) is 2.43. The molecule has 0 radical (unpaired) electrons. The monoisotopic (exact) mass is 259 g/mol. The summed E-state index contributed by atoms with van der Waals surface area (Å²) in [4.78, 5) is 0. The van der Waals surface area contributed by atoms with Crippen molar-refractivity contribution in [2.75, 3.05) is 11.9 Å². The van der Waals surface area contributed by atoms with Gasteiger partial charge in [-0.1, -0.05) is 12.1 Å². The second-order valence-corrected chi connectivity index (χ2v) is 4.93. The van der Waals surface area contributed by atoms with Crippen molar-refractivity contribution < 1.29 is 8.78 Å². The van der Waals surface area contributed by atoms with Crippen molar-refractivity contribution >= 4 is 5.69 Å². The molecule has 0 saturated carbocycles. The molecular formula is C16H15F2N. The molecule has 1 N–H and O–H groups in total. The number of hydrogen-bond donors (Lipinski definition) is 1. The van der Waals surface area contributed by atoms with Crippen LogP contribution < -0.4 is 5.32 Å². The van der Waals surface area contributed by atoms with E-state index < -0.39 is 5.82 Å². The van der Waals surface area contributed by atoms with E-state index in [0.29, 0.717) is 12.0 Å². The SMILES string of the molecule is Fc1ccc(F)c(Cc2ccc3c(c2)CCCN3)c1. The Morgan fingerprint density at radius 2 is 1.95 bits per heavy atom. The fourth-order valence-electron chi connectivity index (χ4n) is 2.54. The first-order valence-electron chi connectivity index (χ1n) is 6.52. The van der Waals surface area contributed by atoms with Crippen LogP contribution in [0.25, 0.3) is 0 Å². The lowest BCUT2D eigenvalue weighted by Gasteiger charge is -2.18. The molecule has 0 bridgehead atoms. The minimum absolute atomic E-state index is 0.350. The summed E-state index contributed by atoms with van der Waals surface area (Å²) in [5.74, 6) is -0.742. The summed E-state index contributed by atoms with van der Waals surface area (Å²) in [6.45, 7) is 1.00. The van der Waals surface area contributed by atoms with Crippen LogP contribution >= 0.6 is 0 Å². The van der Waals surface area contributed by atoms with Gasteiger partial charge in [-0.3, -0.25) is 0 Å². The minimum Gasteiger partial charge on any atom is -0.385 e. The van der Waals surface area contributed by atoms with Gasteiger partial charge in [-0.05, 0) is 53.8 Å². The Morgan fingerprint density at radius 1 is 1.05 bits per heavy atom. The molecule has 0 aliphatic carbocycles. The number of aryl methyl sites for hydroxylation is 1. The number of fused-ring (bicyclic) bond motifs is 1. The number of hydrogen-bond acceptors (Lipinski definition) is 1. The van der Waals surface area contributed by atoms with Gasteiger partial charge in [-0.2, -0.15) is 0 Å². The first-order chi connectivity index (χ1) is 9.22. The van der Waals surface area contributed by atoms with Crippen molar-refractivity contribution in [3.8, 4) is 0 Å². The molecule has 1 heterocycles. The van der Waals surface area contributed by atoms with Crippen molar-refractivity contribution in [2.24, 2.45) is 0 Å². The van der Waals surface area contributed by atoms with Gasteiger partial charge >= 0.3 is 0 Å². The Bertz CT molecular complexity index is 608. The maximum Gasteiger partial charge on any atom is 0.126 e. The Hall–Kier alpha value is -1.90. The molecule has 1 nitrogen and oxygen atoms in total. The van der Waals surface area contributed by atoms with Crippen molar-refractivity contribution in [1.29, 1.82) is 0 Å². The van der Waals surface area contributed by atoms with Gasteiger partial charge in [0, 0.05) is 18.7 Å². The summed E-state index contributed by atoms with van der Waals surface area (Å²) < 4.78 is 26.8. The Morgan fingerprint density at radius 3 is 2.84 bits per heavy atom. The largest absolute Gasteiger partial charge is 0.385 e. The van der Waals surface area contributed by atoms with Crippen LogP contribution in [-0.2, 0) is 12.8 Å². The van der Waals surface area contributed by atoms with Gasteiger partial charge < -0.3 is 5.32 Å². The van der Waals surface area contributed by atoms with Crippen LogP contribution in [0.4, 0.5) is 14.5 Å². The van der Waals surface area contributed by atoms with E-state index in [2.05, 4.69) is 11.4 Å². The molecule has 2 aromatic carbocycles. The van der Waals surface area contributed by atoms with Crippen LogP contribution in [0.1, 0.15) is 23.1 Å². The quantitative estimate of drug-likeness (QED) is 0.862. The van der Waals surface area contributed by atoms with E-state index in [4.69, 9.17) is 0 Å². The van der Waals surface area contributed by atoms with E-state index in [9.17, 15) is 8.78 Å². The Labute approximate surface area is 111 Å². The number of anilines is 1. The molecule has 19 heavy (non-hydrogen) atoms. The highest BCUT2D eigenvalue weighted by molar-refractivity contribution is 5.54. The standard InChI is InChI=1S/C16H15F2N/c17-14-4-5-15(18)13(10-14)9-11-3-6-16-12(8-11)2-1-7-19-16/h3-6,8,10,19H,1-2,7,9H2. The molecule has 2 aromatic rings.